The third kappa shape index (κ3) is 3.69. The molecule has 1 aliphatic heterocycles. The lowest BCUT2D eigenvalue weighted by Crippen LogP contribution is -2.48. The van der Waals surface area contributed by atoms with Crippen LogP contribution in [0.1, 0.15) is 25.5 Å². The quantitative estimate of drug-likeness (QED) is 0.938. The normalized spacial score (nSPS) is 22.3. The number of benzene rings is 1. The molecule has 2 unspecified atom stereocenters. The van der Waals surface area contributed by atoms with E-state index in [0.717, 1.165) is 24.3 Å². The van der Waals surface area contributed by atoms with Gasteiger partial charge in [0.05, 0.1) is 5.69 Å². The molecule has 120 valence electrons. The third-order valence-electron chi connectivity index (χ3n) is 4.41. The van der Waals surface area contributed by atoms with Crippen molar-refractivity contribution in [2.24, 2.45) is 11.7 Å². The van der Waals surface area contributed by atoms with Crippen LogP contribution in [-0.4, -0.2) is 29.0 Å². The van der Waals surface area contributed by atoms with Crippen LogP contribution in [0.2, 0.25) is 0 Å². The van der Waals surface area contributed by atoms with Gasteiger partial charge in [0.25, 0.3) is 0 Å². The molecule has 0 saturated carbocycles. The van der Waals surface area contributed by atoms with E-state index in [-0.39, 0.29) is 12.4 Å². The van der Waals surface area contributed by atoms with Crippen LogP contribution < -0.4 is 5.73 Å². The van der Waals surface area contributed by atoms with Gasteiger partial charge in [-0.15, -0.1) is 12.4 Å². The molecule has 0 aliphatic carbocycles. The molecule has 0 amide bonds. The van der Waals surface area contributed by atoms with E-state index < -0.39 is 0 Å². The Morgan fingerprint density at radius 3 is 2.82 bits per heavy atom. The number of nitrogens with two attached hydrogens (primary N) is 1. The molecule has 4 nitrogen and oxygen atoms in total. The van der Waals surface area contributed by atoms with Crippen molar-refractivity contribution in [2.45, 2.75) is 32.4 Å². The molecule has 1 saturated heterocycles. The first-order valence-electron chi connectivity index (χ1n) is 7.72. The summed E-state index contributed by atoms with van der Waals surface area (Å²) in [5.41, 5.74) is 7.96. The van der Waals surface area contributed by atoms with E-state index >= 15 is 0 Å². The topological polar surface area (TPSA) is 55.3 Å². The molecule has 0 radical (unpaired) electrons. The Bertz CT molecular complexity index is 572. The standard InChI is InChI=1S/C17H23N3O.ClH/c1-13-6-5-9-20(16(13)10-18)11-15-12-21-17(19-15)14-7-3-2-4-8-14;/h2-4,7-8,12-13,16H,5-6,9-11,18H2,1H3;1H. The van der Waals surface area contributed by atoms with Crippen LogP contribution in [0.3, 0.4) is 0 Å². The van der Waals surface area contributed by atoms with Crippen molar-refractivity contribution in [2.75, 3.05) is 13.1 Å². The Morgan fingerprint density at radius 2 is 2.09 bits per heavy atom. The minimum atomic E-state index is 0. The molecule has 22 heavy (non-hydrogen) atoms. The van der Waals surface area contributed by atoms with Crippen molar-refractivity contribution < 1.29 is 4.42 Å². The molecular formula is C17H24ClN3O. The van der Waals surface area contributed by atoms with Gasteiger partial charge >= 0.3 is 0 Å². The fourth-order valence-electron chi connectivity index (χ4n) is 3.21. The van der Waals surface area contributed by atoms with Gasteiger partial charge in [-0.1, -0.05) is 25.1 Å². The van der Waals surface area contributed by atoms with Crippen LogP contribution in [0.25, 0.3) is 11.5 Å². The molecule has 0 spiro atoms. The number of likely N-dealkylation sites (tertiary alicyclic amines) is 1. The van der Waals surface area contributed by atoms with E-state index in [1.54, 1.807) is 6.26 Å². The van der Waals surface area contributed by atoms with E-state index in [0.29, 0.717) is 24.4 Å². The van der Waals surface area contributed by atoms with Crippen molar-refractivity contribution in [1.29, 1.82) is 0 Å². The molecule has 2 atom stereocenters. The third-order valence-corrected chi connectivity index (χ3v) is 4.41. The highest BCUT2D eigenvalue weighted by Gasteiger charge is 2.27. The van der Waals surface area contributed by atoms with E-state index in [4.69, 9.17) is 10.2 Å². The number of halogens is 1. The maximum absolute atomic E-state index is 5.95. The summed E-state index contributed by atoms with van der Waals surface area (Å²) in [5, 5.41) is 0. The summed E-state index contributed by atoms with van der Waals surface area (Å²) in [6.45, 7) is 4.93. The zero-order valence-electron chi connectivity index (χ0n) is 12.9. The molecule has 1 aromatic carbocycles. The maximum Gasteiger partial charge on any atom is 0.226 e. The molecule has 1 aliphatic rings. The molecule has 5 heteroatoms. The highest BCUT2D eigenvalue weighted by Crippen LogP contribution is 2.25. The van der Waals surface area contributed by atoms with Crippen molar-refractivity contribution >= 4 is 12.4 Å². The van der Waals surface area contributed by atoms with Gasteiger partial charge in [0.1, 0.15) is 6.26 Å². The highest BCUT2D eigenvalue weighted by atomic mass is 35.5. The Balaban J connectivity index is 0.00000176. The van der Waals surface area contributed by atoms with Crippen LogP contribution in [0, 0.1) is 5.92 Å². The van der Waals surface area contributed by atoms with E-state index in [2.05, 4.69) is 16.8 Å². The van der Waals surface area contributed by atoms with Crippen LogP contribution in [-0.2, 0) is 6.54 Å². The van der Waals surface area contributed by atoms with Crippen molar-refractivity contribution in [3.05, 3.63) is 42.3 Å². The van der Waals surface area contributed by atoms with Crippen molar-refractivity contribution in [3.8, 4) is 11.5 Å². The minimum Gasteiger partial charge on any atom is -0.444 e. The summed E-state index contributed by atoms with van der Waals surface area (Å²) in [4.78, 5) is 7.06. The van der Waals surface area contributed by atoms with Gasteiger partial charge < -0.3 is 10.2 Å². The molecule has 2 aromatic rings. The Labute approximate surface area is 138 Å². The number of aromatic nitrogens is 1. The number of hydrogen-bond donors (Lipinski definition) is 1. The smallest absolute Gasteiger partial charge is 0.226 e. The summed E-state index contributed by atoms with van der Waals surface area (Å²) in [6, 6.07) is 10.5. The fourth-order valence-corrected chi connectivity index (χ4v) is 3.21. The average Bonchev–Trinajstić information content (AvgIpc) is 2.97. The Kier molecular flexibility index (Phi) is 6.00. The molecule has 0 bridgehead atoms. The van der Waals surface area contributed by atoms with Crippen LogP contribution >= 0.6 is 12.4 Å². The minimum absolute atomic E-state index is 0. The summed E-state index contributed by atoms with van der Waals surface area (Å²) in [7, 11) is 0. The molecule has 2 heterocycles. The number of piperidine rings is 1. The number of oxazole rings is 1. The van der Waals surface area contributed by atoms with Crippen molar-refractivity contribution in [3.63, 3.8) is 0 Å². The summed E-state index contributed by atoms with van der Waals surface area (Å²) < 4.78 is 5.62. The molecule has 3 rings (SSSR count). The zero-order valence-corrected chi connectivity index (χ0v) is 13.8. The molecular weight excluding hydrogens is 298 g/mol. The molecule has 1 fully saturated rings. The Hall–Kier alpha value is -1.36. The maximum atomic E-state index is 5.95. The second kappa shape index (κ2) is 7.77. The number of nitrogens with zero attached hydrogens (tertiary/aromatic N) is 2. The zero-order chi connectivity index (χ0) is 14.7. The first kappa shape index (κ1) is 17.0. The van der Waals surface area contributed by atoms with Gasteiger partial charge in [0, 0.05) is 24.7 Å². The average molecular weight is 322 g/mol. The van der Waals surface area contributed by atoms with E-state index in [9.17, 15) is 0 Å². The monoisotopic (exact) mass is 321 g/mol. The number of rotatable bonds is 4. The fraction of sp³-hybridized carbons (Fsp3) is 0.471. The predicted octanol–water partition coefficient (Wildman–Crippen LogP) is 3.32. The SMILES string of the molecule is CC1CCCN(Cc2coc(-c3ccccc3)n2)C1CN.Cl. The first-order valence-corrected chi connectivity index (χ1v) is 7.72. The van der Waals surface area contributed by atoms with Gasteiger partial charge in [-0.05, 0) is 37.4 Å². The van der Waals surface area contributed by atoms with Crippen LogP contribution in [0.5, 0.6) is 0 Å². The second-order valence-electron chi connectivity index (χ2n) is 5.90. The summed E-state index contributed by atoms with van der Waals surface area (Å²) in [6.07, 6.45) is 4.28. The highest BCUT2D eigenvalue weighted by molar-refractivity contribution is 5.85. The van der Waals surface area contributed by atoms with Gasteiger partial charge in [-0.2, -0.15) is 0 Å². The molecule has 2 N–H and O–H groups in total. The van der Waals surface area contributed by atoms with Gasteiger partial charge in [-0.3, -0.25) is 4.90 Å². The first-order chi connectivity index (χ1) is 10.3. The largest absolute Gasteiger partial charge is 0.444 e. The predicted molar refractivity (Wildman–Crippen MR) is 90.8 cm³/mol. The van der Waals surface area contributed by atoms with Gasteiger partial charge in [-0.25, -0.2) is 4.98 Å². The number of hydrogen-bond acceptors (Lipinski definition) is 4. The lowest BCUT2D eigenvalue weighted by atomic mass is 9.91. The van der Waals surface area contributed by atoms with Gasteiger partial charge in [0.15, 0.2) is 0 Å². The second-order valence-corrected chi connectivity index (χ2v) is 5.90. The Morgan fingerprint density at radius 1 is 1.32 bits per heavy atom. The lowest BCUT2D eigenvalue weighted by Gasteiger charge is -2.38. The van der Waals surface area contributed by atoms with Crippen LogP contribution in [0.4, 0.5) is 0 Å². The summed E-state index contributed by atoms with van der Waals surface area (Å²) in [5.74, 6) is 1.35. The van der Waals surface area contributed by atoms with E-state index in [1.807, 2.05) is 30.3 Å². The van der Waals surface area contributed by atoms with Crippen molar-refractivity contribution in [1.82, 2.24) is 9.88 Å². The summed E-state index contributed by atoms with van der Waals surface area (Å²) >= 11 is 0. The van der Waals surface area contributed by atoms with Crippen LogP contribution in [0.15, 0.2) is 41.0 Å². The molecule has 1 aromatic heterocycles. The lowest BCUT2D eigenvalue weighted by molar-refractivity contribution is 0.0977. The van der Waals surface area contributed by atoms with E-state index in [1.165, 1.54) is 12.8 Å². The van der Waals surface area contributed by atoms with Gasteiger partial charge in [0.2, 0.25) is 5.89 Å².